The number of nitrogens with zero attached hydrogens (tertiary/aromatic N) is 2. The second-order valence-corrected chi connectivity index (χ2v) is 6.44. The summed E-state index contributed by atoms with van der Waals surface area (Å²) in [5.74, 6) is 2.74. The predicted molar refractivity (Wildman–Crippen MR) is 113 cm³/mol. The number of ether oxygens (including phenoxy) is 2. The summed E-state index contributed by atoms with van der Waals surface area (Å²) in [6.07, 6.45) is 0.778. The summed E-state index contributed by atoms with van der Waals surface area (Å²) in [6.45, 7) is 7.51. The summed E-state index contributed by atoms with van der Waals surface area (Å²) >= 11 is 0. The van der Waals surface area contributed by atoms with Crippen LogP contribution in [-0.2, 0) is 19.4 Å². The Morgan fingerprint density at radius 1 is 1.17 bits per heavy atom. The number of aliphatic imine (C=N–C) groups is 1. The summed E-state index contributed by atoms with van der Waals surface area (Å²) in [6, 6.07) is 5.35. The fraction of sp³-hybridized carbons (Fsp3) is 0.524. The normalized spacial score (nSPS) is 12.6. The fourth-order valence-electron chi connectivity index (χ4n) is 3.02. The van der Waals surface area contributed by atoms with Gasteiger partial charge in [0.15, 0.2) is 5.96 Å². The van der Waals surface area contributed by atoms with E-state index in [1.165, 1.54) is 0 Å². The summed E-state index contributed by atoms with van der Waals surface area (Å²) < 4.78 is 16.0. The predicted octanol–water partition coefficient (Wildman–Crippen LogP) is 2.61. The van der Waals surface area contributed by atoms with Gasteiger partial charge in [-0.2, -0.15) is 0 Å². The molecule has 29 heavy (non-hydrogen) atoms. The SMILES string of the molecule is CCNC(=NCc1c(CC)noc1CC)NCC(O)c1cc(OC)ccc1OC. The zero-order chi connectivity index (χ0) is 21.2. The molecule has 2 rings (SSSR count). The Morgan fingerprint density at radius 3 is 2.59 bits per heavy atom. The van der Waals surface area contributed by atoms with Crippen molar-refractivity contribution in [3.8, 4) is 11.5 Å². The van der Waals surface area contributed by atoms with Gasteiger partial charge in [0.1, 0.15) is 17.3 Å². The monoisotopic (exact) mass is 404 g/mol. The van der Waals surface area contributed by atoms with Gasteiger partial charge in [-0.1, -0.05) is 19.0 Å². The van der Waals surface area contributed by atoms with Gasteiger partial charge in [-0.3, -0.25) is 0 Å². The van der Waals surface area contributed by atoms with E-state index in [0.29, 0.717) is 36.1 Å². The van der Waals surface area contributed by atoms with Gasteiger partial charge in [0.05, 0.1) is 32.6 Å². The first-order valence-electron chi connectivity index (χ1n) is 9.96. The van der Waals surface area contributed by atoms with Crippen molar-refractivity contribution in [1.29, 1.82) is 0 Å². The van der Waals surface area contributed by atoms with E-state index >= 15 is 0 Å². The molecular formula is C21H32N4O4. The highest BCUT2D eigenvalue weighted by Gasteiger charge is 2.16. The van der Waals surface area contributed by atoms with Gasteiger partial charge in [-0.15, -0.1) is 0 Å². The van der Waals surface area contributed by atoms with E-state index in [2.05, 4.69) is 20.8 Å². The molecule has 0 saturated carbocycles. The lowest BCUT2D eigenvalue weighted by molar-refractivity contribution is 0.176. The number of hydrogen-bond acceptors (Lipinski definition) is 6. The first-order chi connectivity index (χ1) is 14.1. The van der Waals surface area contributed by atoms with Gasteiger partial charge >= 0.3 is 0 Å². The van der Waals surface area contributed by atoms with Crippen LogP contribution in [0.5, 0.6) is 11.5 Å². The molecule has 0 fully saturated rings. The lowest BCUT2D eigenvalue weighted by Gasteiger charge is -2.18. The van der Waals surface area contributed by atoms with E-state index in [9.17, 15) is 5.11 Å². The molecule has 1 unspecified atom stereocenters. The molecule has 1 aromatic carbocycles. The maximum Gasteiger partial charge on any atom is 0.191 e. The zero-order valence-corrected chi connectivity index (χ0v) is 17.9. The minimum absolute atomic E-state index is 0.264. The van der Waals surface area contributed by atoms with Crippen molar-refractivity contribution in [3.63, 3.8) is 0 Å². The summed E-state index contributed by atoms with van der Waals surface area (Å²) in [4.78, 5) is 4.64. The molecule has 160 valence electrons. The van der Waals surface area contributed by atoms with Crippen molar-refractivity contribution >= 4 is 5.96 Å². The number of hydrogen-bond donors (Lipinski definition) is 3. The maximum absolute atomic E-state index is 10.7. The smallest absolute Gasteiger partial charge is 0.191 e. The number of aromatic nitrogens is 1. The Balaban J connectivity index is 2.11. The second kappa shape index (κ2) is 11.3. The third-order valence-electron chi connectivity index (χ3n) is 4.61. The highest BCUT2D eigenvalue weighted by molar-refractivity contribution is 5.79. The molecule has 8 nitrogen and oxygen atoms in total. The number of aryl methyl sites for hydroxylation is 2. The molecule has 3 N–H and O–H groups in total. The Labute approximate surface area is 172 Å². The molecule has 1 aromatic heterocycles. The van der Waals surface area contributed by atoms with Crippen LogP contribution >= 0.6 is 0 Å². The van der Waals surface area contributed by atoms with Gasteiger partial charge in [0.25, 0.3) is 0 Å². The summed E-state index contributed by atoms with van der Waals surface area (Å²) in [5.41, 5.74) is 2.61. The van der Waals surface area contributed by atoms with Crippen LogP contribution in [0.25, 0.3) is 0 Å². The largest absolute Gasteiger partial charge is 0.497 e. The van der Waals surface area contributed by atoms with E-state index < -0.39 is 6.10 Å². The van der Waals surface area contributed by atoms with Crippen molar-refractivity contribution in [2.24, 2.45) is 4.99 Å². The Bertz CT molecular complexity index is 782. The third kappa shape index (κ3) is 5.87. The van der Waals surface area contributed by atoms with Crippen LogP contribution in [-0.4, -0.2) is 43.5 Å². The molecule has 0 amide bonds. The number of methoxy groups -OCH3 is 2. The first kappa shape index (κ1) is 22.5. The first-order valence-corrected chi connectivity index (χ1v) is 9.96. The van der Waals surface area contributed by atoms with Crippen molar-refractivity contribution in [2.45, 2.75) is 46.3 Å². The van der Waals surface area contributed by atoms with Crippen molar-refractivity contribution in [3.05, 3.63) is 40.8 Å². The molecule has 8 heteroatoms. The minimum atomic E-state index is -0.795. The summed E-state index contributed by atoms with van der Waals surface area (Å²) in [7, 11) is 3.17. The van der Waals surface area contributed by atoms with Gasteiger partial charge in [0.2, 0.25) is 0 Å². The molecule has 0 aliphatic carbocycles. The molecular weight excluding hydrogens is 372 g/mol. The standard InChI is InChI=1S/C21H32N4O4/c1-6-17-16(19(7-2)29-25-17)12-23-21(22-8-3)24-13-18(26)15-11-14(27-4)9-10-20(15)28-5/h9-11,18,26H,6-8,12-13H2,1-5H3,(H2,22,23,24). The molecule has 0 radical (unpaired) electrons. The summed E-state index contributed by atoms with van der Waals surface area (Å²) in [5, 5.41) is 21.2. The lowest BCUT2D eigenvalue weighted by atomic mass is 10.1. The van der Waals surface area contributed by atoms with E-state index in [1.54, 1.807) is 32.4 Å². The fourth-order valence-corrected chi connectivity index (χ4v) is 3.02. The molecule has 0 bridgehead atoms. The highest BCUT2D eigenvalue weighted by Crippen LogP contribution is 2.29. The average Bonchev–Trinajstić information content (AvgIpc) is 3.16. The minimum Gasteiger partial charge on any atom is -0.497 e. The second-order valence-electron chi connectivity index (χ2n) is 6.44. The van der Waals surface area contributed by atoms with E-state index in [-0.39, 0.29) is 6.54 Å². The molecule has 1 heterocycles. The number of aliphatic hydroxyl groups excluding tert-OH is 1. The maximum atomic E-state index is 10.7. The highest BCUT2D eigenvalue weighted by atomic mass is 16.5. The lowest BCUT2D eigenvalue weighted by Crippen LogP contribution is -2.39. The molecule has 0 aliphatic rings. The molecule has 0 saturated heterocycles. The molecule has 2 aromatic rings. The van der Waals surface area contributed by atoms with Gasteiger partial charge in [0, 0.05) is 30.6 Å². The van der Waals surface area contributed by atoms with Crippen LogP contribution in [0.1, 0.15) is 49.5 Å². The Kier molecular flexibility index (Phi) is 8.79. The Hall–Kier alpha value is -2.74. The van der Waals surface area contributed by atoms with Crippen LogP contribution in [0, 0.1) is 0 Å². The topological polar surface area (TPSA) is 101 Å². The number of aliphatic hydroxyl groups is 1. The molecule has 1 atom stereocenters. The van der Waals surface area contributed by atoms with Gasteiger partial charge in [-0.25, -0.2) is 4.99 Å². The Morgan fingerprint density at radius 2 is 1.97 bits per heavy atom. The van der Waals surface area contributed by atoms with Crippen LogP contribution in [0.4, 0.5) is 0 Å². The van der Waals surface area contributed by atoms with Gasteiger partial charge < -0.3 is 29.7 Å². The molecule has 0 spiro atoms. The van der Waals surface area contributed by atoms with Crippen LogP contribution in [0.15, 0.2) is 27.7 Å². The number of guanidine groups is 1. The van der Waals surface area contributed by atoms with Crippen LogP contribution < -0.4 is 20.1 Å². The van der Waals surface area contributed by atoms with Crippen molar-refractivity contribution in [2.75, 3.05) is 27.3 Å². The van der Waals surface area contributed by atoms with Crippen molar-refractivity contribution in [1.82, 2.24) is 15.8 Å². The van der Waals surface area contributed by atoms with Gasteiger partial charge in [-0.05, 0) is 31.5 Å². The quantitative estimate of drug-likeness (QED) is 0.413. The van der Waals surface area contributed by atoms with Crippen LogP contribution in [0.3, 0.4) is 0 Å². The molecule has 0 aliphatic heterocycles. The van der Waals surface area contributed by atoms with Crippen molar-refractivity contribution < 1.29 is 19.1 Å². The van der Waals surface area contributed by atoms with E-state index in [4.69, 9.17) is 14.0 Å². The average molecular weight is 405 g/mol. The number of benzene rings is 1. The zero-order valence-electron chi connectivity index (χ0n) is 17.9. The number of rotatable bonds is 10. The third-order valence-corrected chi connectivity index (χ3v) is 4.61. The van der Waals surface area contributed by atoms with E-state index in [0.717, 1.165) is 29.9 Å². The van der Waals surface area contributed by atoms with Crippen LogP contribution in [0.2, 0.25) is 0 Å². The van der Waals surface area contributed by atoms with E-state index in [1.807, 2.05) is 20.8 Å². The number of nitrogens with one attached hydrogen (secondary N) is 2.